The number of hydrogen-bond acceptors (Lipinski definition) is 8. The molecule has 1 atom stereocenters. The summed E-state index contributed by atoms with van der Waals surface area (Å²) in [6.45, 7) is -0.190. The van der Waals surface area contributed by atoms with E-state index in [1.807, 2.05) is 0 Å². The number of aliphatic hydroxyl groups excluding tert-OH is 1. The number of aliphatic hydroxyl groups is 1. The smallest absolute Gasteiger partial charge is 0.332 e. The van der Waals surface area contributed by atoms with Gasteiger partial charge in [0, 0.05) is 38.5 Å². The third-order valence-corrected chi connectivity index (χ3v) is 5.55. The van der Waals surface area contributed by atoms with Gasteiger partial charge in [0.15, 0.2) is 11.2 Å². The highest BCUT2D eigenvalue weighted by atomic mass is 19.3. The number of halogens is 3. The van der Waals surface area contributed by atoms with Gasteiger partial charge in [-0.15, -0.1) is 0 Å². The van der Waals surface area contributed by atoms with E-state index in [9.17, 15) is 27.9 Å². The lowest BCUT2D eigenvalue weighted by atomic mass is 10.3. The summed E-state index contributed by atoms with van der Waals surface area (Å²) in [6.07, 6.45) is -4.46. The maximum atomic E-state index is 13.4. The Hall–Kier alpha value is -4.33. The van der Waals surface area contributed by atoms with Crippen LogP contribution >= 0.6 is 0 Å². The van der Waals surface area contributed by atoms with Crippen LogP contribution in [0.3, 0.4) is 0 Å². The fraction of sp³-hybridized carbons (Fsp3) is 0.333. The average molecular weight is 535 g/mol. The van der Waals surface area contributed by atoms with Gasteiger partial charge in [-0.1, -0.05) is 12.1 Å². The van der Waals surface area contributed by atoms with Crippen LogP contribution in [0.4, 0.5) is 13.2 Å². The number of aromatic nitrogens is 5. The number of fused-ring (bicyclic) bond motifs is 1. The fourth-order valence-electron chi connectivity index (χ4n) is 3.71. The van der Waals surface area contributed by atoms with E-state index < -0.39 is 24.0 Å². The first-order chi connectivity index (χ1) is 18.2. The first-order valence-electron chi connectivity index (χ1n) is 11.4. The number of rotatable bonds is 11. The molecule has 0 saturated carbocycles. The number of nitrogens with zero attached hydrogens (tertiary/aromatic N) is 5. The summed E-state index contributed by atoms with van der Waals surface area (Å²) in [6, 6.07) is 8.56. The molecule has 1 N–H and O–H groups in total. The Morgan fingerprint density at radius 1 is 1.08 bits per heavy atom. The molecule has 0 amide bonds. The minimum Gasteiger partial charge on any atom is -0.481 e. The topological polar surface area (TPSA) is 123 Å². The Labute approximate surface area is 213 Å². The molecular formula is C24H24F3N5O6. The molecule has 4 aromatic rings. The fourth-order valence-corrected chi connectivity index (χ4v) is 3.71. The summed E-state index contributed by atoms with van der Waals surface area (Å²) in [5, 5.41) is 9.21. The molecule has 11 nitrogen and oxygen atoms in total. The number of alkyl halides is 3. The first kappa shape index (κ1) is 26.7. The van der Waals surface area contributed by atoms with E-state index in [-0.39, 0.29) is 54.8 Å². The van der Waals surface area contributed by atoms with Crippen molar-refractivity contribution < 1.29 is 32.5 Å². The van der Waals surface area contributed by atoms with Gasteiger partial charge in [-0.2, -0.15) is 9.37 Å². The summed E-state index contributed by atoms with van der Waals surface area (Å²) in [5.74, 6) is 0.219. The molecule has 0 fully saturated rings. The van der Waals surface area contributed by atoms with Gasteiger partial charge in [-0.25, -0.2) is 18.6 Å². The molecule has 4 rings (SSSR count). The molecule has 0 aliphatic carbocycles. The van der Waals surface area contributed by atoms with E-state index in [4.69, 9.17) is 9.47 Å². The molecule has 0 bridgehead atoms. The molecule has 3 aromatic heterocycles. The van der Waals surface area contributed by atoms with Crippen molar-refractivity contribution in [2.24, 2.45) is 7.05 Å². The Bertz CT molecular complexity index is 1530. The molecular weight excluding hydrogens is 511 g/mol. The number of methoxy groups -OCH3 is 1. The highest BCUT2D eigenvalue weighted by Crippen LogP contribution is 2.28. The van der Waals surface area contributed by atoms with Gasteiger partial charge in [0.2, 0.25) is 5.88 Å². The van der Waals surface area contributed by atoms with Gasteiger partial charge in [0.1, 0.15) is 11.5 Å². The summed E-state index contributed by atoms with van der Waals surface area (Å²) in [7, 11) is 2.91. The maximum absolute atomic E-state index is 13.4. The number of pyridine rings is 1. The molecule has 0 radical (unpaired) electrons. The van der Waals surface area contributed by atoms with Crippen LogP contribution in [-0.4, -0.2) is 55.3 Å². The van der Waals surface area contributed by atoms with E-state index in [1.54, 1.807) is 12.1 Å². The number of ether oxygens (including phenoxy) is 3. The van der Waals surface area contributed by atoms with Gasteiger partial charge >= 0.3 is 18.1 Å². The average Bonchev–Trinajstić information content (AvgIpc) is 3.25. The molecule has 1 unspecified atom stereocenters. The third kappa shape index (κ3) is 5.49. The van der Waals surface area contributed by atoms with Crippen LogP contribution in [0.2, 0.25) is 0 Å². The second-order valence-electron chi connectivity index (χ2n) is 8.12. The van der Waals surface area contributed by atoms with Gasteiger partial charge in [-0.05, 0) is 24.1 Å². The minimum absolute atomic E-state index is 0.0165. The molecule has 1 aromatic carbocycles. The van der Waals surface area contributed by atoms with Crippen molar-refractivity contribution in [3.05, 3.63) is 69.0 Å². The monoisotopic (exact) mass is 535 g/mol. The normalized spacial score (nSPS) is 12.2. The predicted octanol–water partition coefficient (Wildman–Crippen LogP) is 2.46. The first-order valence-corrected chi connectivity index (χ1v) is 11.4. The number of aryl methyl sites for hydroxylation is 1. The largest absolute Gasteiger partial charge is 0.481 e. The van der Waals surface area contributed by atoms with E-state index in [2.05, 4.69) is 14.7 Å². The van der Waals surface area contributed by atoms with Gasteiger partial charge in [0.05, 0.1) is 13.7 Å². The Morgan fingerprint density at radius 2 is 1.84 bits per heavy atom. The molecule has 202 valence electrons. The second kappa shape index (κ2) is 11.4. The quantitative estimate of drug-likeness (QED) is 0.311. The summed E-state index contributed by atoms with van der Waals surface area (Å²) < 4.78 is 57.7. The van der Waals surface area contributed by atoms with Crippen molar-refractivity contribution in [1.82, 2.24) is 23.7 Å². The zero-order chi connectivity index (χ0) is 27.4. The number of imidazole rings is 1. The SMILES string of the molecule is COc1ccc(Cn2c(Oc3cccc(OC(F)C(F)F)c3)nc3c2c(=O)n(CCCO)c(=O)n3C)cn1. The highest BCUT2D eigenvalue weighted by Gasteiger charge is 2.23. The van der Waals surface area contributed by atoms with Crippen LogP contribution in [0.15, 0.2) is 52.2 Å². The van der Waals surface area contributed by atoms with Gasteiger partial charge in [0.25, 0.3) is 11.9 Å². The molecule has 3 heterocycles. The standard InChI is InChI=1S/C24H24F3N5O6/c1-30-21-18(22(34)31(24(30)35)9-4-10-33)32(13-14-7-8-17(36-2)28-12-14)23(29-21)38-16-6-3-5-15(11-16)37-20(27)19(25)26/h3,5-8,11-12,19-20,33H,4,9-10,13H2,1-2H3. The van der Waals surface area contributed by atoms with Crippen LogP contribution in [0.25, 0.3) is 11.2 Å². The molecule has 0 aliphatic rings. The molecule has 0 spiro atoms. The second-order valence-corrected chi connectivity index (χ2v) is 8.12. The summed E-state index contributed by atoms with van der Waals surface area (Å²) >= 11 is 0. The molecule has 14 heteroatoms. The zero-order valence-electron chi connectivity index (χ0n) is 20.4. The van der Waals surface area contributed by atoms with E-state index >= 15 is 0 Å². The van der Waals surface area contributed by atoms with Crippen LogP contribution < -0.4 is 25.5 Å². The van der Waals surface area contributed by atoms with Crippen LogP contribution in [0, 0.1) is 0 Å². The maximum Gasteiger partial charge on any atom is 0.332 e. The Balaban J connectivity index is 1.83. The van der Waals surface area contributed by atoms with Gasteiger partial charge in [-0.3, -0.25) is 18.5 Å². The number of hydrogen-bond donors (Lipinski definition) is 1. The Morgan fingerprint density at radius 3 is 2.50 bits per heavy atom. The highest BCUT2D eigenvalue weighted by molar-refractivity contribution is 5.72. The molecule has 0 saturated heterocycles. The van der Waals surface area contributed by atoms with E-state index in [0.29, 0.717) is 11.4 Å². The van der Waals surface area contributed by atoms with Crippen molar-refractivity contribution in [2.45, 2.75) is 32.3 Å². The zero-order valence-corrected chi connectivity index (χ0v) is 20.4. The minimum atomic E-state index is -3.34. The van der Waals surface area contributed by atoms with Gasteiger partial charge < -0.3 is 19.3 Å². The summed E-state index contributed by atoms with van der Waals surface area (Å²) in [5.41, 5.74) is -0.556. The van der Waals surface area contributed by atoms with E-state index in [0.717, 1.165) is 4.57 Å². The third-order valence-electron chi connectivity index (χ3n) is 5.55. The van der Waals surface area contributed by atoms with Crippen molar-refractivity contribution in [3.8, 4) is 23.4 Å². The number of benzene rings is 1. The van der Waals surface area contributed by atoms with Crippen molar-refractivity contribution in [3.63, 3.8) is 0 Å². The van der Waals surface area contributed by atoms with Crippen molar-refractivity contribution in [1.29, 1.82) is 0 Å². The van der Waals surface area contributed by atoms with Crippen molar-refractivity contribution >= 4 is 11.2 Å². The molecule has 38 heavy (non-hydrogen) atoms. The van der Waals surface area contributed by atoms with Crippen LogP contribution in [0.1, 0.15) is 12.0 Å². The van der Waals surface area contributed by atoms with Crippen molar-refractivity contribution in [2.75, 3.05) is 13.7 Å². The lowest BCUT2D eigenvalue weighted by molar-refractivity contribution is -0.0669. The predicted molar refractivity (Wildman–Crippen MR) is 129 cm³/mol. The summed E-state index contributed by atoms with van der Waals surface area (Å²) in [4.78, 5) is 34.8. The Kier molecular flexibility index (Phi) is 8.00. The van der Waals surface area contributed by atoms with Crippen LogP contribution in [-0.2, 0) is 20.1 Å². The van der Waals surface area contributed by atoms with E-state index in [1.165, 1.54) is 53.8 Å². The lowest BCUT2D eigenvalue weighted by Gasteiger charge is -2.13. The lowest BCUT2D eigenvalue weighted by Crippen LogP contribution is -2.39. The molecule has 0 aliphatic heterocycles. The van der Waals surface area contributed by atoms with Crippen LogP contribution in [0.5, 0.6) is 23.4 Å².